The van der Waals surface area contributed by atoms with Crippen molar-refractivity contribution in [2.24, 2.45) is 0 Å². The first-order chi connectivity index (χ1) is 6.92. The molecule has 2 saturated heterocycles. The predicted molar refractivity (Wildman–Crippen MR) is 55.4 cm³/mol. The molecule has 2 unspecified atom stereocenters. The van der Waals surface area contributed by atoms with E-state index >= 15 is 0 Å². The van der Waals surface area contributed by atoms with Crippen LogP contribution in [0.3, 0.4) is 0 Å². The molecule has 0 aliphatic carbocycles. The smallest absolute Gasteiger partial charge is 0.0622 e. The Morgan fingerprint density at radius 1 is 1.43 bits per heavy atom. The molecule has 14 heavy (non-hydrogen) atoms. The van der Waals surface area contributed by atoms with Gasteiger partial charge in [0.05, 0.1) is 19.8 Å². The number of hydrogen-bond acceptors (Lipinski definition) is 3. The number of nitrogens with zero attached hydrogens (tertiary/aromatic N) is 1. The zero-order valence-electron chi connectivity index (χ0n) is 9.08. The Morgan fingerprint density at radius 3 is 3.21 bits per heavy atom. The molecule has 2 aliphatic heterocycles. The highest BCUT2D eigenvalue weighted by Gasteiger charge is 2.35. The molecule has 2 rings (SSSR count). The van der Waals surface area contributed by atoms with Crippen molar-refractivity contribution in [3.63, 3.8) is 0 Å². The normalized spacial score (nSPS) is 33.2. The summed E-state index contributed by atoms with van der Waals surface area (Å²) < 4.78 is 11.1. The van der Waals surface area contributed by atoms with Gasteiger partial charge in [-0.05, 0) is 19.3 Å². The average Bonchev–Trinajstić information content (AvgIpc) is 2.63. The lowest BCUT2D eigenvalue weighted by Crippen LogP contribution is -2.46. The maximum atomic E-state index is 5.63. The van der Waals surface area contributed by atoms with Crippen LogP contribution in [0.2, 0.25) is 0 Å². The minimum absolute atomic E-state index is 0.662. The van der Waals surface area contributed by atoms with Gasteiger partial charge >= 0.3 is 0 Å². The minimum atomic E-state index is 0.662. The van der Waals surface area contributed by atoms with E-state index in [0.717, 1.165) is 39.4 Å². The van der Waals surface area contributed by atoms with Gasteiger partial charge < -0.3 is 9.47 Å². The second-order valence-corrected chi connectivity index (χ2v) is 4.27. The highest BCUT2D eigenvalue weighted by Crippen LogP contribution is 2.26. The molecule has 0 aromatic heterocycles. The third-order valence-corrected chi connectivity index (χ3v) is 3.23. The Labute approximate surface area is 86.4 Å². The Balaban J connectivity index is 1.76. The van der Waals surface area contributed by atoms with Gasteiger partial charge in [-0.25, -0.2) is 0 Å². The van der Waals surface area contributed by atoms with Crippen molar-refractivity contribution in [3.05, 3.63) is 0 Å². The molecule has 3 nitrogen and oxygen atoms in total. The van der Waals surface area contributed by atoms with Gasteiger partial charge in [-0.15, -0.1) is 0 Å². The summed E-state index contributed by atoms with van der Waals surface area (Å²) in [6, 6.07) is 1.34. The molecule has 0 radical (unpaired) electrons. The summed E-state index contributed by atoms with van der Waals surface area (Å²) >= 11 is 0. The maximum Gasteiger partial charge on any atom is 0.0622 e. The zero-order valence-corrected chi connectivity index (χ0v) is 9.08. The van der Waals surface area contributed by atoms with Crippen LogP contribution in [0.25, 0.3) is 0 Å². The van der Waals surface area contributed by atoms with E-state index in [4.69, 9.17) is 9.47 Å². The Kier molecular flexibility index (Phi) is 3.79. The van der Waals surface area contributed by atoms with Crippen molar-refractivity contribution in [2.45, 2.75) is 38.3 Å². The van der Waals surface area contributed by atoms with Gasteiger partial charge in [0.2, 0.25) is 0 Å². The van der Waals surface area contributed by atoms with Gasteiger partial charge in [0, 0.05) is 25.2 Å². The van der Waals surface area contributed by atoms with E-state index in [1.54, 1.807) is 0 Å². The number of fused-ring (bicyclic) bond motifs is 1. The molecule has 82 valence electrons. The quantitative estimate of drug-likeness (QED) is 0.637. The fourth-order valence-electron chi connectivity index (χ4n) is 2.49. The fraction of sp³-hybridized carbons (Fsp3) is 1.00. The molecule has 0 amide bonds. The lowest BCUT2D eigenvalue weighted by molar-refractivity contribution is -0.0205. The largest absolute Gasteiger partial charge is 0.380 e. The van der Waals surface area contributed by atoms with Crippen LogP contribution in [0.1, 0.15) is 26.2 Å². The summed E-state index contributed by atoms with van der Waals surface area (Å²) in [6.45, 7) is 6.93. The molecular formula is C11H21NO2. The number of rotatable bonds is 4. The minimum Gasteiger partial charge on any atom is -0.380 e. The molecule has 2 atom stereocenters. The van der Waals surface area contributed by atoms with Crippen molar-refractivity contribution >= 4 is 0 Å². The SMILES string of the molecule is CCCOCC1CCC2COCCN12. The van der Waals surface area contributed by atoms with Crippen LogP contribution >= 0.6 is 0 Å². The highest BCUT2D eigenvalue weighted by molar-refractivity contribution is 4.89. The van der Waals surface area contributed by atoms with E-state index in [9.17, 15) is 0 Å². The van der Waals surface area contributed by atoms with Gasteiger partial charge in [0.15, 0.2) is 0 Å². The van der Waals surface area contributed by atoms with Crippen LogP contribution in [0, 0.1) is 0 Å². The second-order valence-electron chi connectivity index (χ2n) is 4.27. The number of hydrogen-bond donors (Lipinski definition) is 0. The lowest BCUT2D eigenvalue weighted by Gasteiger charge is -2.33. The van der Waals surface area contributed by atoms with Crippen molar-refractivity contribution in [1.82, 2.24) is 4.90 Å². The number of ether oxygens (including phenoxy) is 2. The van der Waals surface area contributed by atoms with Crippen molar-refractivity contribution in [1.29, 1.82) is 0 Å². The molecule has 0 bridgehead atoms. The molecule has 0 N–H and O–H groups in total. The Bertz CT molecular complexity index is 175. The maximum absolute atomic E-state index is 5.63. The lowest BCUT2D eigenvalue weighted by atomic mass is 10.2. The monoisotopic (exact) mass is 199 g/mol. The molecule has 2 heterocycles. The van der Waals surface area contributed by atoms with Gasteiger partial charge in [-0.2, -0.15) is 0 Å². The third kappa shape index (κ3) is 2.27. The van der Waals surface area contributed by atoms with Crippen molar-refractivity contribution < 1.29 is 9.47 Å². The van der Waals surface area contributed by atoms with Crippen LogP contribution < -0.4 is 0 Å². The van der Waals surface area contributed by atoms with E-state index < -0.39 is 0 Å². The summed E-state index contributed by atoms with van der Waals surface area (Å²) in [4.78, 5) is 2.58. The van der Waals surface area contributed by atoms with E-state index in [0.29, 0.717) is 12.1 Å². The first-order valence-corrected chi connectivity index (χ1v) is 5.83. The second kappa shape index (κ2) is 5.10. The van der Waals surface area contributed by atoms with E-state index in [-0.39, 0.29) is 0 Å². The van der Waals surface area contributed by atoms with Crippen LogP contribution in [0.15, 0.2) is 0 Å². The standard InChI is InChI=1S/C11H21NO2/c1-2-6-13-8-10-3-4-11-9-14-7-5-12(10)11/h10-11H,2-9H2,1H3. The van der Waals surface area contributed by atoms with Crippen LogP contribution in [0.4, 0.5) is 0 Å². The summed E-state index contributed by atoms with van der Waals surface area (Å²) in [5.74, 6) is 0. The Morgan fingerprint density at radius 2 is 2.36 bits per heavy atom. The van der Waals surface area contributed by atoms with E-state index in [2.05, 4.69) is 11.8 Å². The summed E-state index contributed by atoms with van der Waals surface area (Å²) in [6.07, 6.45) is 3.71. The van der Waals surface area contributed by atoms with Gasteiger partial charge in [0.25, 0.3) is 0 Å². The molecular weight excluding hydrogens is 178 g/mol. The zero-order chi connectivity index (χ0) is 9.80. The van der Waals surface area contributed by atoms with Crippen LogP contribution in [-0.4, -0.2) is 50.0 Å². The molecule has 3 heteroatoms. The fourth-order valence-corrected chi connectivity index (χ4v) is 2.49. The third-order valence-electron chi connectivity index (χ3n) is 3.23. The molecule has 2 fully saturated rings. The van der Waals surface area contributed by atoms with Crippen LogP contribution in [0.5, 0.6) is 0 Å². The molecule has 0 spiro atoms. The highest BCUT2D eigenvalue weighted by atomic mass is 16.5. The average molecular weight is 199 g/mol. The topological polar surface area (TPSA) is 21.7 Å². The van der Waals surface area contributed by atoms with Gasteiger partial charge in [0.1, 0.15) is 0 Å². The molecule has 0 saturated carbocycles. The van der Waals surface area contributed by atoms with Gasteiger partial charge in [-0.3, -0.25) is 4.90 Å². The summed E-state index contributed by atoms with van der Waals surface area (Å²) in [7, 11) is 0. The van der Waals surface area contributed by atoms with Crippen molar-refractivity contribution in [2.75, 3.05) is 33.0 Å². The van der Waals surface area contributed by atoms with E-state index in [1.807, 2.05) is 0 Å². The van der Waals surface area contributed by atoms with Crippen molar-refractivity contribution in [3.8, 4) is 0 Å². The van der Waals surface area contributed by atoms with Crippen LogP contribution in [-0.2, 0) is 9.47 Å². The van der Waals surface area contributed by atoms with E-state index in [1.165, 1.54) is 12.8 Å². The van der Waals surface area contributed by atoms with Gasteiger partial charge in [-0.1, -0.05) is 6.92 Å². The molecule has 0 aromatic rings. The summed E-state index contributed by atoms with van der Waals surface area (Å²) in [5, 5.41) is 0. The Hall–Kier alpha value is -0.120. The molecule has 0 aromatic carbocycles. The number of morpholine rings is 1. The first-order valence-electron chi connectivity index (χ1n) is 5.83. The first kappa shape index (κ1) is 10.4. The summed E-state index contributed by atoms with van der Waals surface area (Å²) in [5.41, 5.74) is 0. The molecule has 2 aliphatic rings. The predicted octanol–water partition coefficient (Wildman–Crippen LogP) is 1.28.